The molecule has 0 heterocycles. The lowest BCUT2D eigenvalue weighted by Gasteiger charge is -2.11. The molecule has 1 rings (SSSR count). The van der Waals surface area contributed by atoms with E-state index in [0.717, 1.165) is 0 Å². The molecule has 1 aromatic carbocycles. The summed E-state index contributed by atoms with van der Waals surface area (Å²) in [6, 6.07) is 2.48. The maximum absolute atomic E-state index is 11.4. The van der Waals surface area contributed by atoms with E-state index >= 15 is 0 Å². The number of nitrogens with two attached hydrogens (primary N) is 1. The average Bonchev–Trinajstić information content (AvgIpc) is 2.38. The van der Waals surface area contributed by atoms with Gasteiger partial charge in [0.05, 0.1) is 10.6 Å². The van der Waals surface area contributed by atoms with Crippen LogP contribution in [-0.4, -0.2) is 39.4 Å². The molecule has 1 atom stereocenters. The van der Waals surface area contributed by atoms with Gasteiger partial charge in [-0.05, 0) is 12.1 Å². The fraction of sp³-hybridized carbons (Fsp3) is 0.200. The SMILES string of the molecule is N[C@@H](CNC(=O)Nc1cccc(SO)c1O)C(=O)O. The van der Waals surface area contributed by atoms with Gasteiger partial charge in [0.2, 0.25) is 0 Å². The lowest BCUT2D eigenvalue weighted by atomic mass is 10.3. The van der Waals surface area contributed by atoms with E-state index in [2.05, 4.69) is 10.6 Å². The van der Waals surface area contributed by atoms with Gasteiger partial charge >= 0.3 is 12.0 Å². The highest BCUT2D eigenvalue weighted by atomic mass is 32.2. The van der Waals surface area contributed by atoms with Crippen LogP contribution in [0.3, 0.4) is 0 Å². The minimum atomic E-state index is -1.23. The number of hydrogen-bond acceptors (Lipinski definition) is 6. The number of nitrogens with one attached hydrogen (secondary N) is 2. The van der Waals surface area contributed by atoms with Gasteiger partial charge in [-0.3, -0.25) is 4.79 Å². The maximum Gasteiger partial charge on any atom is 0.322 e. The van der Waals surface area contributed by atoms with Crippen molar-refractivity contribution in [2.75, 3.05) is 11.9 Å². The molecule has 8 nitrogen and oxygen atoms in total. The molecule has 0 spiro atoms. The molecule has 104 valence electrons. The molecule has 0 saturated carbocycles. The number of amides is 2. The number of phenolic OH excluding ortho intramolecular Hbond substituents is 1. The number of carbonyl (C=O) groups is 2. The van der Waals surface area contributed by atoms with Crippen LogP contribution in [0.5, 0.6) is 5.75 Å². The van der Waals surface area contributed by atoms with Gasteiger partial charge in [-0.1, -0.05) is 6.07 Å². The number of urea groups is 1. The first-order valence-electron chi connectivity index (χ1n) is 5.12. The van der Waals surface area contributed by atoms with Gasteiger partial charge in [-0.2, -0.15) is 0 Å². The summed E-state index contributed by atoms with van der Waals surface area (Å²) in [6.45, 7) is -0.254. The largest absolute Gasteiger partial charge is 0.505 e. The summed E-state index contributed by atoms with van der Waals surface area (Å²) in [6.07, 6.45) is 0. The molecule has 9 heteroatoms. The smallest absolute Gasteiger partial charge is 0.322 e. The van der Waals surface area contributed by atoms with Crippen molar-refractivity contribution in [1.29, 1.82) is 0 Å². The van der Waals surface area contributed by atoms with Gasteiger partial charge in [0.15, 0.2) is 5.75 Å². The van der Waals surface area contributed by atoms with Crippen molar-refractivity contribution in [3.8, 4) is 5.75 Å². The topological polar surface area (TPSA) is 145 Å². The first-order chi connectivity index (χ1) is 8.95. The van der Waals surface area contributed by atoms with E-state index in [9.17, 15) is 14.7 Å². The number of aromatic hydroxyl groups is 1. The molecule has 0 unspecified atom stereocenters. The number of carboxylic acids is 1. The Labute approximate surface area is 112 Å². The Morgan fingerprint density at radius 3 is 2.68 bits per heavy atom. The van der Waals surface area contributed by atoms with E-state index in [4.69, 9.17) is 15.4 Å². The lowest BCUT2D eigenvalue weighted by molar-refractivity contribution is -0.138. The Kier molecular flexibility index (Phi) is 5.42. The standard InChI is InChI=1S/C10H13N3O5S/c11-5(9(15)16)4-12-10(17)13-6-2-1-3-7(19-18)8(6)14/h1-3,5,14,18H,4,11H2,(H,15,16)(H2,12,13,17)/t5-/m0/s1. The van der Waals surface area contributed by atoms with Gasteiger partial charge in [-0.25, -0.2) is 4.79 Å². The Morgan fingerprint density at radius 2 is 2.11 bits per heavy atom. The van der Waals surface area contributed by atoms with Crippen molar-refractivity contribution in [2.24, 2.45) is 5.73 Å². The molecule has 0 aliphatic heterocycles. The number of phenols is 1. The van der Waals surface area contributed by atoms with Crippen LogP contribution in [0.4, 0.5) is 10.5 Å². The van der Waals surface area contributed by atoms with E-state index in [1.165, 1.54) is 18.2 Å². The number of hydrogen-bond donors (Lipinski definition) is 6. The van der Waals surface area contributed by atoms with E-state index in [-0.39, 0.29) is 22.9 Å². The molecular formula is C10H13N3O5S. The molecule has 2 amide bonds. The van der Waals surface area contributed by atoms with Crippen molar-refractivity contribution < 1.29 is 24.4 Å². The second-order valence-electron chi connectivity index (χ2n) is 3.52. The third-order valence-corrected chi connectivity index (χ3v) is 2.67. The third-order valence-electron chi connectivity index (χ3n) is 2.15. The third kappa shape index (κ3) is 4.32. The number of benzene rings is 1. The summed E-state index contributed by atoms with van der Waals surface area (Å²) in [5.41, 5.74) is 5.29. The molecule has 0 radical (unpaired) electrons. The van der Waals surface area contributed by atoms with Crippen LogP contribution >= 0.6 is 12.0 Å². The number of anilines is 1. The fourth-order valence-corrected chi connectivity index (χ4v) is 1.49. The normalized spacial score (nSPS) is 11.7. The summed E-state index contributed by atoms with van der Waals surface area (Å²) >= 11 is 0.339. The number of carboxylic acid groups (broad SMARTS) is 1. The highest BCUT2D eigenvalue weighted by Gasteiger charge is 2.14. The highest BCUT2D eigenvalue weighted by Crippen LogP contribution is 2.33. The minimum Gasteiger partial charge on any atom is -0.505 e. The fourth-order valence-electron chi connectivity index (χ4n) is 1.15. The van der Waals surface area contributed by atoms with Crippen molar-refractivity contribution in [2.45, 2.75) is 10.9 Å². The van der Waals surface area contributed by atoms with E-state index in [1.54, 1.807) is 0 Å². The molecule has 7 N–H and O–H groups in total. The molecule has 0 aliphatic rings. The number of para-hydroxylation sites is 1. The van der Waals surface area contributed by atoms with Crippen LogP contribution < -0.4 is 16.4 Å². The number of rotatable bonds is 5. The van der Waals surface area contributed by atoms with Gasteiger partial charge in [0, 0.05) is 18.6 Å². The quantitative estimate of drug-likeness (QED) is 0.341. The lowest BCUT2D eigenvalue weighted by Crippen LogP contribution is -2.43. The summed E-state index contributed by atoms with van der Waals surface area (Å²) in [5.74, 6) is -1.52. The first-order valence-corrected chi connectivity index (χ1v) is 5.89. The Morgan fingerprint density at radius 1 is 1.42 bits per heavy atom. The number of aliphatic carboxylic acids is 1. The van der Waals surface area contributed by atoms with E-state index in [1.807, 2.05) is 0 Å². The Bertz CT molecular complexity index is 482. The molecule has 19 heavy (non-hydrogen) atoms. The van der Waals surface area contributed by atoms with Crippen LogP contribution in [0.15, 0.2) is 23.1 Å². The zero-order valence-corrected chi connectivity index (χ0v) is 10.5. The summed E-state index contributed by atoms with van der Waals surface area (Å²) in [5, 5.41) is 22.7. The van der Waals surface area contributed by atoms with Crippen molar-refractivity contribution >= 4 is 29.7 Å². The van der Waals surface area contributed by atoms with E-state index < -0.39 is 18.0 Å². The molecule has 0 aliphatic carbocycles. The molecule has 0 fully saturated rings. The van der Waals surface area contributed by atoms with Crippen molar-refractivity contribution in [3.63, 3.8) is 0 Å². The predicted octanol–water partition coefficient (Wildman–Crippen LogP) is 0.491. The zero-order chi connectivity index (χ0) is 14.4. The summed E-state index contributed by atoms with van der Waals surface area (Å²) in [4.78, 5) is 22.1. The second-order valence-corrected chi connectivity index (χ2v) is 4.15. The maximum atomic E-state index is 11.4. The molecule has 0 bridgehead atoms. The van der Waals surface area contributed by atoms with Crippen molar-refractivity contribution in [1.82, 2.24) is 5.32 Å². The number of carbonyl (C=O) groups excluding carboxylic acids is 1. The van der Waals surface area contributed by atoms with Crippen LogP contribution in [-0.2, 0) is 4.79 Å². The molecule has 1 aromatic rings. The summed E-state index contributed by atoms with van der Waals surface area (Å²) < 4.78 is 8.86. The van der Waals surface area contributed by atoms with Crippen LogP contribution in [0.1, 0.15) is 0 Å². The minimum absolute atomic E-state index is 0.0837. The zero-order valence-electron chi connectivity index (χ0n) is 9.66. The van der Waals surface area contributed by atoms with Gasteiger partial charge in [0.1, 0.15) is 6.04 Å². The molecule has 0 saturated heterocycles. The summed E-state index contributed by atoms with van der Waals surface area (Å²) in [7, 11) is 0. The Hall–Kier alpha value is -1.97. The van der Waals surface area contributed by atoms with Crippen LogP contribution in [0.2, 0.25) is 0 Å². The monoisotopic (exact) mass is 287 g/mol. The predicted molar refractivity (Wildman–Crippen MR) is 69.2 cm³/mol. The average molecular weight is 287 g/mol. The molecular weight excluding hydrogens is 274 g/mol. The van der Waals surface area contributed by atoms with Crippen LogP contribution in [0.25, 0.3) is 0 Å². The van der Waals surface area contributed by atoms with Gasteiger partial charge in [-0.15, -0.1) is 0 Å². The highest BCUT2D eigenvalue weighted by molar-refractivity contribution is 7.93. The van der Waals surface area contributed by atoms with Gasteiger partial charge in [0.25, 0.3) is 0 Å². The first kappa shape index (κ1) is 15.1. The van der Waals surface area contributed by atoms with Gasteiger partial charge < -0.3 is 31.1 Å². The second kappa shape index (κ2) is 6.83. The Balaban J connectivity index is 2.60. The van der Waals surface area contributed by atoms with Crippen LogP contribution in [0, 0.1) is 0 Å². The van der Waals surface area contributed by atoms with E-state index in [0.29, 0.717) is 12.0 Å². The van der Waals surface area contributed by atoms with Crippen molar-refractivity contribution in [3.05, 3.63) is 18.2 Å². The molecule has 0 aromatic heterocycles.